The van der Waals surface area contributed by atoms with Gasteiger partial charge < -0.3 is 9.64 Å². The van der Waals surface area contributed by atoms with Crippen molar-refractivity contribution < 1.29 is 4.74 Å². The van der Waals surface area contributed by atoms with Gasteiger partial charge in [-0.05, 0) is 49.7 Å². The molecule has 21 heavy (non-hydrogen) atoms. The van der Waals surface area contributed by atoms with E-state index in [0.717, 1.165) is 25.1 Å². The van der Waals surface area contributed by atoms with Crippen LogP contribution in [0.3, 0.4) is 0 Å². The molecule has 0 unspecified atom stereocenters. The zero-order valence-corrected chi connectivity index (χ0v) is 12.7. The van der Waals surface area contributed by atoms with E-state index < -0.39 is 0 Å². The highest BCUT2D eigenvalue weighted by molar-refractivity contribution is 5.87. The maximum atomic E-state index is 5.89. The van der Waals surface area contributed by atoms with Crippen molar-refractivity contribution in [3.63, 3.8) is 0 Å². The second kappa shape index (κ2) is 6.15. The van der Waals surface area contributed by atoms with Crippen molar-refractivity contribution >= 4 is 5.57 Å². The molecule has 0 amide bonds. The Kier molecular flexibility index (Phi) is 4.07. The highest BCUT2D eigenvalue weighted by Gasteiger charge is 2.20. The summed E-state index contributed by atoms with van der Waals surface area (Å²) in [4.78, 5) is 2.21. The van der Waals surface area contributed by atoms with Crippen LogP contribution in [0, 0.1) is 0 Å². The molecule has 0 saturated heterocycles. The smallest absolute Gasteiger partial charge is 0.134 e. The van der Waals surface area contributed by atoms with Gasteiger partial charge in [0, 0.05) is 12.1 Å². The summed E-state index contributed by atoms with van der Waals surface area (Å²) in [6, 6.07) is 8.28. The van der Waals surface area contributed by atoms with Gasteiger partial charge in [0.1, 0.15) is 5.75 Å². The molecule has 1 aromatic carbocycles. The van der Waals surface area contributed by atoms with E-state index in [2.05, 4.69) is 55.4 Å². The summed E-state index contributed by atoms with van der Waals surface area (Å²) in [7, 11) is 4.22. The molecule has 2 heteroatoms. The standard InChI is InChI=1S/C19H21NO/c1-20(2)13-7-11-17-16-9-4-3-8-15(16)14-21-19-12-6-5-10-18(17)19/h3-6,9-12,14H,7-8,13H2,1-2H3. The fraction of sp³-hybridized carbons (Fsp3) is 0.263. The van der Waals surface area contributed by atoms with Crippen LogP contribution in [0.2, 0.25) is 0 Å². The number of fused-ring (bicyclic) bond motifs is 2. The average molecular weight is 279 g/mol. The lowest BCUT2D eigenvalue weighted by Gasteiger charge is -2.16. The van der Waals surface area contributed by atoms with Crippen molar-refractivity contribution in [2.45, 2.75) is 12.8 Å². The molecule has 0 bridgehead atoms. The first-order valence-electron chi connectivity index (χ1n) is 7.43. The van der Waals surface area contributed by atoms with Crippen LogP contribution < -0.4 is 4.74 Å². The molecule has 0 saturated carbocycles. The number of nitrogens with zero attached hydrogens (tertiary/aromatic N) is 1. The quantitative estimate of drug-likeness (QED) is 0.823. The molecule has 0 N–H and O–H groups in total. The van der Waals surface area contributed by atoms with Crippen LogP contribution in [0.5, 0.6) is 5.75 Å². The Hall–Kier alpha value is -2.06. The molecule has 1 aromatic rings. The molecule has 2 nitrogen and oxygen atoms in total. The lowest BCUT2D eigenvalue weighted by atomic mass is 9.88. The normalized spacial score (nSPS) is 18.5. The van der Waals surface area contributed by atoms with Crippen molar-refractivity contribution in [2.24, 2.45) is 0 Å². The van der Waals surface area contributed by atoms with E-state index in [1.165, 1.54) is 22.3 Å². The average Bonchev–Trinajstić information content (AvgIpc) is 2.65. The Morgan fingerprint density at radius 3 is 2.95 bits per heavy atom. The molecule has 108 valence electrons. The van der Waals surface area contributed by atoms with Crippen LogP contribution in [0.1, 0.15) is 18.4 Å². The third kappa shape index (κ3) is 3.01. The van der Waals surface area contributed by atoms with Gasteiger partial charge >= 0.3 is 0 Å². The first-order chi connectivity index (χ1) is 10.3. The molecular weight excluding hydrogens is 258 g/mol. The number of ether oxygens (including phenoxy) is 1. The summed E-state index contributed by atoms with van der Waals surface area (Å²) in [6.45, 7) is 1.05. The number of hydrogen-bond donors (Lipinski definition) is 0. The predicted molar refractivity (Wildman–Crippen MR) is 88.1 cm³/mol. The molecule has 1 heterocycles. The number of allylic oxidation sites excluding steroid dienone is 6. The number of rotatable bonds is 3. The maximum Gasteiger partial charge on any atom is 0.134 e. The lowest BCUT2D eigenvalue weighted by Crippen LogP contribution is -2.12. The van der Waals surface area contributed by atoms with Crippen molar-refractivity contribution in [1.29, 1.82) is 0 Å². The highest BCUT2D eigenvalue weighted by Crippen LogP contribution is 2.39. The lowest BCUT2D eigenvalue weighted by molar-refractivity contribution is 0.417. The van der Waals surface area contributed by atoms with Crippen molar-refractivity contribution in [3.8, 4) is 5.75 Å². The van der Waals surface area contributed by atoms with E-state index >= 15 is 0 Å². The van der Waals surface area contributed by atoms with Gasteiger partial charge in [-0.25, -0.2) is 0 Å². The van der Waals surface area contributed by atoms with Gasteiger partial charge in [-0.2, -0.15) is 0 Å². The van der Waals surface area contributed by atoms with Gasteiger partial charge in [0.25, 0.3) is 0 Å². The van der Waals surface area contributed by atoms with Gasteiger partial charge in [0.2, 0.25) is 0 Å². The SMILES string of the molecule is CN(C)CCC=C1C2=CC=CCC2=COc2ccccc21. The van der Waals surface area contributed by atoms with Crippen molar-refractivity contribution in [3.05, 3.63) is 71.5 Å². The summed E-state index contributed by atoms with van der Waals surface area (Å²) >= 11 is 0. The van der Waals surface area contributed by atoms with E-state index in [9.17, 15) is 0 Å². The second-order valence-electron chi connectivity index (χ2n) is 5.68. The molecule has 1 aliphatic heterocycles. The van der Waals surface area contributed by atoms with Crippen LogP contribution in [0.4, 0.5) is 0 Å². The fourth-order valence-electron chi connectivity index (χ4n) is 2.71. The van der Waals surface area contributed by atoms with Crippen molar-refractivity contribution in [2.75, 3.05) is 20.6 Å². The first kappa shape index (κ1) is 13.9. The Balaban J connectivity index is 2.04. The van der Waals surface area contributed by atoms with E-state index in [0.29, 0.717) is 0 Å². The summed E-state index contributed by atoms with van der Waals surface area (Å²) < 4.78 is 5.89. The topological polar surface area (TPSA) is 12.5 Å². The predicted octanol–water partition coefficient (Wildman–Crippen LogP) is 4.18. The Morgan fingerprint density at radius 1 is 1.24 bits per heavy atom. The maximum absolute atomic E-state index is 5.89. The molecule has 0 fully saturated rings. The zero-order valence-electron chi connectivity index (χ0n) is 12.7. The zero-order chi connectivity index (χ0) is 14.7. The monoisotopic (exact) mass is 279 g/mol. The van der Waals surface area contributed by atoms with Crippen LogP contribution in [0.25, 0.3) is 5.57 Å². The number of benzene rings is 1. The van der Waals surface area contributed by atoms with Gasteiger partial charge in [0.15, 0.2) is 0 Å². The minimum atomic E-state index is 0.935. The van der Waals surface area contributed by atoms with Gasteiger partial charge in [0.05, 0.1) is 6.26 Å². The minimum absolute atomic E-state index is 0.935. The Morgan fingerprint density at radius 2 is 2.10 bits per heavy atom. The second-order valence-corrected chi connectivity index (χ2v) is 5.68. The Labute approximate surface area is 126 Å². The highest BCUT2D eigenvalue weighted by atomic mass is 16.5. The molecule has 0 spiro atoms. The molecule has 1 aliphatic carbocycles. The summed E-state index contributed by atoms with van der Waals surface area (Å²) in [5, 5.41) is 0. The summed E-state index contributed by atoms with van der Waals surface area (Å²) in [6.07, 6.45) is 12.7. The largest absolute Gasteiger partial charge is 0.464 e. The first-order valence-corrected chi connectivity index (χ1v) is 7.43. The van der Waals surface area contributed by atoms with Crippen LogP contribution >= 0.6 is 0 Å². The van der Waals surface area contributed by atoms with Crippen LogP contribution in [-0.4, -0.2) is 25.5 Å². The van der Waals surface area contributed by atoms with E-state index in [1.54, 1.807) is 0 Å². The Bertz CT molecular complexity index is 647. The summed E-state index contributed by atoms with van der Waals surface area (Å²) in [5.41, 5.74) is 5.02. The number of hydrogen-bond acceptors (Lipinski definition) is 2. The van der Waals surface area contributed by atoms with Crippen LogP contribution in [0.15, 0.2) is 66.0 Å². The molecule has 0 aromatic heterocycles. The van der Waals surface area contributed by atoms with E-state index in [1.807, 2.05) is 18.4 Å². The third-order valence-corrected chi connectivity index (χ3v) is 3.80. The van der Waals surface area contributed by atoms with Crippen molar-refractivity contribution in [1.82, 2.24) is 4.90 Å². The minimum Gasteiger partial charge on any atom is -0.464 e. The molecule has 0 atom stereocenters. The fourth-order valence-corrected chi connectivity index (χ4v) is 2.71. The van der Waals surface area contributed by atoms with Gasteiger partial charge in [-0.1, -0.05) is 42.5 Å². The molecule has 0 radical (unpaired) electrons. The van der Waals surface area contributed by atoms with Crippen LogP contribution in [-0.2, 0) is 0 Å². The molecular formula is C19H21NO. The van der Waals surface area contributed by atoms with Gasteiger partial charge in [-0.3, -0.25) is 0 Å². The molecule has 2 aliphatic rings. The number of para-hydroxylation sites is 1. The van der Waals surface area contributed by atoms with E-state index in [-0.39, 0.29) is 0 Å². The third-order valence-electron chi connectivity index (χ3n) is 3.80. The summed E-state index contributed by atoms with van der Waals surface area (Å²) in [5.74, 6) is 0.941. The van der Waals surface area contributed by atoms with Gasteiger partial charge in [-0.15, -0.1) is 0 Å². The van der Waals surface area contributed by atoms with E-state index in [4.69, 9.17) is 4.74 Å². The molecule has 3 rings (SSSR count).